The summed E-state index contributed by atoms with van der Waals surface area (Å²) in [6.45, 7) is 5.14. The number of aromatic nitrogens is 3. The van der Waals surface area contributed by atoms with Crippen molar-refractivity contribution in [2.45, 2.75) is 39.3 Å². The first-order chi connectivity index (χ1) is 10.7. The molecule has 0 aliphatic heterocycles. The number of rotatable bonds is 8. The molecule has 1 aromatic carbocycles. The molecule has 1 unspecified atom stereocenters. The van der Waals surface area contributed by atoms with Crippen molar-refractivity contribution in [1.29, 1.82) is 0 Å². The summed E-state index contributed by atoms with van der Waals surface area (Å²) in [5, 5.41) is 7.09. The summed E-state index contributed by atoms with van der Waals surface area (Å²) in [5.74, 6) is 1.49. The number of nitrogens with zero attached hydrogens (tertiary/aromatic N) is 3. The fourth-order valence-corrected chi connectivity index (χ4v) is 2.15. The zero-order valence-electron chi connectivity index (χ0n) is 13.0. The molecule has 2 rings (SSSR count). The van der Waals surface area contributed by atoms with E-state index < -0.39 is 0 Å². The van der Waals surface area contributed by atoms with Crippen LogP contribution in [0.25, 0.3) is 0 Å². The van der Waals surface area contributed by atoms with Crippen molar-refractivity contribution in [2.75, 3.05) is 6.61 Å². The maximum absolute atomic E-state index is 12.0. The first kappa shape index (κ1) is 16.0. The monoisotopic (exact) mass is 302 g/mol. The fourth-order valence-electron chi connectivity index (χ4n) is 2.15. The van der Waals surface area contributed by atoms with Crippen LogP contribution >= 0.6 is 0 Å². The molecule has 0 saturated carbocycles. The Morgan fingerprint density at radius 2 is 2.14 bits per heavy atom. The molecule has 0 fully saturated rings. The van der Waals surface area contributed by atoms with Crippen LogP contribution in [0.15, 0.2) is 36.7 Å². The number of hydrogen-bond acceptors (Lipinski definition) is 4. The number of para-hydroxylation sites is 1. The third-order valence-corrected chi connectivity index (χ3v) is 3.19. The van der Waals surface area contributed by atoms with Crippen molar-refractivity contribution in [3.05, 3.63) is 42.5 Å². The highest BCUT2D eigenvalue weighted by Gasteiger charge is 2.15. The summed E-state index contributed by atoms with van der Waals surface area (Å²) in [4.78, 5) is 16.2. The molecule has 0 aliphatic rings. The Labute approximate surface area is 130 Å². The van der Waals surface area contributed by atoms with Crippen LogP contribution in [0.4, 0.5) is 0 Å². The van der Waals surface area contributed by atoms with Gasteiger partial charge in [-0.2, -0.15) is 5.10 Å². The third-order valence-electron chi connectivity index (χ3n) is 3.19. The van der Waals surface area contributed by atoms with Crippen molar-refractivity contribution in [3.8, 4) is 5.75 Å². The highest BCUT2D eigenvalue weighted by Crippen LogP contribution is 2.10. The first-order valence-electron chi connectivity index (χ1n) is 7.55. The largest absolute Gasteiger partial charge is 0.493 e. The molecule has 0 aliphatic carbocycles. The van der Waals surface area contributed by atoms with Gasteiger partial charge >= 0.3 is 0 Å². The molecule has 1 aromatic heterocycles. The van der Waals surface area contributed by atoms with Gasteiger partial charge in [-0.25, -0.2) is 9.67 Å². The number of nitrogens with one attached hydrogen (secondary N) is 1. The number of ether oxygens (including phenoxy) is 1. The van der Waals surface area contributed by atoms with E-state index in [4.69, 9.17) is 4.74 Å². The van der Waals surface area contributed by atoms with Crippen LogP contribution in [0, 0.1) is 0 Å². The second-order valence-corrected chi connectivity index (χ2v) is 5.04. The Kier molecular flexibility index (Phi) is 5.94. The zero-order valence-corrected chi connectivity index (χ0v) is 13.0. The van der Waals surface area contributed by atoms with Gasteiger partial charge in [-0.3, -0.25) is 4.79 Å². The second-order valence-electron chi connectivity index (χ2n) is 5.04. The number of carbonyl (C=O) groups is 1. The van der Waals surface area contributed by atoms with Gasteiger partial charge in [-0.1, -0.05) is 25.1 Å². The Bertz CT molecular complexity index is 583. The lowest BCUT2D eigenvalue weighted by atomic mass is 10.3. The molecule has 118 valence electrons. The molecule has 0 bridgehead atoms. The van der Waals surface area contributed by atoms with Crippen molar-refractivity contribution < 1.29 is 9.53 Å². The Balaban J connectivity index is 1.77. The summed E-state index contributed by atoms with van der Waals surface area (Å²) in [5.41, 5.74) is 0. The lowest BCUT2D eigenvalue weighted by molar-refractivity contribution is -0.122. The quantitative estimate of drug-likeness (QED) is 0.812. The summed E-state index contributed by atoms with van der Waals surface area (Å²) in [6.07, 6.45) is 2.80. The molecule has 1 heterocycles. The van der Waals surface area contributed by atoms with E-state index in [1.165, 1.54) is 6.33 Å². The minimum absolute atomic E-state index is 0.0607. The molecular weight excluding hydrogens is 280 g/mol. The van der Waals surface area contributed by atoms with Gasteiger partial charge in [0.15, 0.2) is 0 Å². The molecule has 1 N–H and O–H groups in total. The predicted octanol–water partition coefficient (Wildman–Crippen LogP) is 2.33. The minimum atomic E-state index is -0.168. The molecular formula is C16H22N4O2. The predicted molar refractivity (Wildman–Crippen MR) is 83.4 cm³/mol. The molecule has 0 spiro atoms. The average Bonchev–Trinajstić information content (AvgIpc) is 2.97. The number of hydrogen-bond donors (Lipinski definition) is 1. The summed E-state index contributed by atoms with van der Waals surface area (Å²) in [7, 11) is 0. The Morgan fingerprint density at radius 1 is 1.36 bits per heavy atom. The SMILES string of the molecule is CCCn1ncnc1C(C)NC(=O)CCOc1ccccc1. The van der Waals surface area contributed by atoms with Crippen LogP contribution < -0.4 is 10.1 Å². The van der Waals surface area contributed by atoms with E-state index in [1.54, 1.807) is 0 Å². The first-order valence-corrected chi connectivity index (χ1v) is 7.55. The molecule has 1 atom stereocenters. The molecule has 6 nitrogen and oxygen atoms in total. The van der Waals surface area contributed by atoms with Crippen LogP contribution in [-0.4, -0.2) is 27.3 Å². The van der Waals surface area contributed by atoms with Gasteiger partial charge in [0.05, 0.1) is 19.1 Å². The van der Waals surface area contributed by atoms with E-state index in [-0.39, 0.29) is 11.9 Å². The van der Waals surface area contributed by atoms with E-state index in [1.807, 2.05) is 41.9 Å². The third kappa shape index (κ3) is 4.58. The van der Waals surface area contributed by atoms with E-state index in [0.29, 0.717) is 13.0 Å². The van der Waals surface area contributed by atoms with Gasteiger partial charge in [0.2, 0.25) is 5.91 Å². The van der Waals surface area contributed by atoms with Crippen molar-refractivity contribution in [3.63, 3.8) is 0 Å². The number of carbonyl (C=O) groups excluding carboxylic acids is 1. The molecule has 6 heteroatoms. The lowest BCUT2D eigenvalue weighted by Crippen LogP contribution is -2.30. The van der Waals surface area contributed by atoms with Crippen LogP contribution in [0.5, 0.6) is 5.75 Å². The van der Waals surface area contributed by atoms with E-state index in [9.17, 15) is 4.79 Å². The molecule has 0 saturated heterocycles. The molecule has 2 aromatic rings. The van der Waals surface area contributed by atoms with Crippen LogP contribution in [0.3, 0.4) is 0 Å². The number of benzene rings is 1. The van der Waals surface area contributed by atoms with Gasteiger partial charge in [0.1, 0.15) is 17.9 Å². The topological polar surface area (TPSA) is 69.0 Å². The highest BCUT2D eigenvalue weighted by molar-refractivity contribution is 5.76. The average molecular weight is 302 g/mol. The Morgan fingerprint density at radius 3 is 2.86 bits per heavy atom. The molecule has 1 amide bonds. The van der Waals surface area contributed by atoms with Crippen molar-refractivity contribution in [1.82, 2.24) is 20.1 Å². The standard InChI is InChI=1S/C16H22N4O2/c1-3-10-20-16(17-12-18-20)13(2)19-15(21)9-11-22-14-7-5-4-6-8-14/h4-8,12-13H,3,9-11H2,1-2H3,(H,19,21). The maximum atomic E-state index is 12.0. The smallest absolute Gasteiger partial charge is 0.224 e. The zero-order chi connectivity index (χ0) is 15.8. The number of amides is 1. The second kappa shape index (κ2) is 8.17. The summed E-state index contributed by atoms with van der Waals surface area (Å²) < 4.78 is 7.34. The van der Waals surface area contributed by atoms with Crippen LogP contribution in [0.1, 0.15) is 38.6 Å². The van der Waals surface area contributed by atoms with Crippen molar-refractivity contribution in [2.24, 2.45) is 0 Å². The number of aryl methyl sites for hydroxylation is 1. The Hall–Kier alpha value is -2.37. The van der Waals surface area contributed by atoms with E-state index >= 15 is 0 Å². The summed E-state index contributed by atoms with van der Waals surface area (Å²) in [6, 6.07) is 9.30. The fraction of sp³-hybridized carbons (Fsp3) is 0.438. The van der Waals surface area contributed by atoms with Crippen LogP contribution in [0.2, 0.25) is 0 Å². The van der Waals surface area contributed by atoms with Crippen molar-refractivity contribution >= 4 is 5.91 Å². The minimum Gasteiger partial charge on any atom is -0.493 e. The molecule has 0 radical (unpaired) electrons. The van der Waals surface area contributed by atoms with Gasteiger partial charge in [0.25, 0.3) is 0 Å². The van der Waals surface area contributed by atoms with E-state index in [0.717, 1.165) is 24.5 Å². The van der Waals surface area contributed by atoms with E-state index in [2.05, 4.69) is 22.3 Å². The lowest BCUT2D eigenvalue weighted by Gasteiger charge is -2.14. The van der Waals surface area contributed by atoms with Gasteiger partial charge in [0, 0.05) is 6.54 Å². The van der Waals surface area contributed by atoms with Gasteiger partial charge < -0.3 is 10.1 Å². The van der Waals surface area contributed by atoms with Gasteiger partial charge in [-0.05, 0) is 25.5 Å². The van der Waals surface area contributed by atoms with Gasteiger partial charge in [-0.15, -0.1) is 0 Å². The molecule has 22 heavy (non-hydrogen) atoms. The van der Waals surface area contributed by atoms with Crippen LogP contribution in [-0.2, 0) is 11.3 Å². The summed E-state index contributed by atoms with van der Waals surface area (Å²) >= 11 is 0. The maximum Gasteiger partial charge on any atom is 0.224 e. The highest BCUT2D eigenvalue weighted by atomic mass is 16.5. The normalized spacial score (nSPS) is 11.9.